The molecular weight excluding hydrogens is 320 g/mol. The number of rotatable bonds is 4. The number of nitrogens with one attached hydrogen (secondary N) is 1. The molecule has 3 rings (SSSR count). The van der Waals surface area contributed by atoms with Gasteiger partial charge in [0.05, 0.1) is 6.26 Å². The molecule has 2 fully saturated rings. The predicted octanol–water partition coefficient (Wildman–Crippen LogP) is 0.924. The van der Waals surface area contributed by atoms with Crippen LogP contribution in [-0.4, -0.2) is 50.0 Å². The first kappa shape index (κ1) is 15.7. The third kappa shape index (κ3) is 2.63. The van der Waals surface area contributed by atoms with E-state index in [1.54, 1.807) is 26.0 Å². The first-order valence-corrected chi connectivity index (χ1v) is 7.94. The Morgan fingerprint density at radius 1 is 1.48 bits per heavy atom. The molecule has 1 aromatic rings. The summed E-state index contributed by atoms with van der Waals surface area (Å²) in [7, 11) is 0. The maximum absolute atomic E-state index is 12.2. The van der Waals surface area contributed by atoms with E-state index in [0.29, 0.717) is 5.76 Å². The number of β-lactam (4-membered cyclic amide) rings is 1. The third-order valence-electron chi connectivity index (χ3n) is 3.91. The van der Waals surface area contributed by atoms with Crippen LogP contribution in [0.2, 0.25) is 0 Å². The Bertz CT molecular complexity index is 682. The van der Waals surface area contributed by atoms with Crippen molar-refractivity contribution in [3.05, 3.63) is 30.2 Å². The summed E-state index contributed by atoms with van der Waals surface area (Å²) in [6.45, 7) is 3.58. The molecule has 2 saturated heterocycles. The Morgan fingerprint density at radius 2 is 2.22 bits per heavy atom. The van der Waals surface area contributed by atoms with Crippen LogP contribution in [-0.2, 0) is 14.4 Å². The van der Waals surface area contributed by atoms with E-state index in [1.165, 1.54) is 35.1 Å². The van der Waals surface area contributed by atoms with E-state index in [0.717, 1.165) is 0 Å². The minimum absolute atomic E-state index is 0.348. The second kappa shape index (κ2) is 5.45. The number of amides is 2. The van der Waals surface area contributed by atoms with Gasteiger partial charge in [0.15, 0.2) is 0 Å². The van der Waals surface area contributed by atoms with Gasteiger partial charge in [0.2, 0.25) is 11.8 Å². The van der Waals surface area contributed by atoms with Crippen molar-refractivity contribution in [2.75, 3.05) is 0 Å². The Labute approximate surface area is 136 Å². The highest BCUT2D eigenvalue weighted by atomic mass is 32.2. The van der Waals surface area contributed by atoms with Gasteiger partial charge in [-0.25, -0.2) is 4.79 Å². The molecule has 3 atom stereocenters. The number of furan rings is 1. The van der Waals surface area contributed by atoms with Crippen molar-refractivity contribution < 1.29 is 23.9 Å². The summed E-state index contributed by atoms with van der Waals surface area (Å²) < 4.78 is 4.47. The molecule has 122 valence electrons. The number of nitrogens with zero attached hydrogens (tertiary/aromatic N) is 1. The standard InChI is InChI=1S/C15H16N2O5S/c1-15(2)11(14(20)21)17-12(19)10(13(17)23-15)16-9(18)6-5-8-4-3-7-22-8/h3-7,10-11,13H,1-2H3,(H,16,18)(H,20,21)/b6-5+/t10-,11-,13+/m0/s1. The summed E-state index contributed by atoms with van der Waals surface area (Å²) >= 11 is 1.39. The van der Waals surface area contributed by atoms with Gasteiger partial charge in [0.1, 0.15) is 23.2 Å². The van der Waals surface area contributed by atoms with E-state index < -0.39 is 28.7 Å². The third-order valence-corrected chi connectivity index (χ3v) is 5.49. The second-order valence-corrected chi connectivity index (χ2v) is 7.70. The topological polar surface area (TPSA) is 99.9 Å². The lowest BCUT2D eigenvalue weighted by molar-refractivity contribution is -0.160. The van der Waals surface area contributed by atoms with E-state index in [2.05, 4.69) is 5.32 Å². The molecule has 0 radical (unpaired) electrons. The molecule has 2 aliphatic heterocycles. The Morgan fingerprint density at radius 3 is 2.83 bits per heavy atom. The van der Waals surface area contributed by atoms with E-state index >= 15 is 0 Å². The van der Waals surface area contributed by atoms with Crippen LogP contribution in [0.25, 0.3) is 6.08 Å². The Hall–Kier alpha value is -2.22. The molecule has 0 saturated carbocycles. The van der Waals surface area contributed by atoms with Crippen molar-refractivity contribution in [1.82, 2.24) is 10.2 Å². The average molecular weight is 336 g/mol. The summed E-state index contributed by atoms with van der Waals surface area (Å²) in [6.07, 6.45) is 4.28. The number of aliphatic carboxylic acids is 1. The molecule has 23 heavy (non-hydrogen) atoms. The number of thioether (sulfide) groups is 1. The first-order valence-electron chi connectivity index (χ1n) is 7.06. The number of carbonyl (C=O) groups is 3. The van der Waals surface area contributed by atoms with Crippen LogP contribution in [0.1, 0.15) is 19.6 Å². The molecule has 0 bridgehead atoms. The summed E-state index contributed by atoms with van der Waals surface area (Å²) in [6, 6.07) is 1.83. The molecule has 7 nitrogen and oxygen atoms in total. The molecule has 0 spiro atoms. The fourth-order valence-corrected chi connectivity index (χ4v) is 4.52. The average Bonchev–Trinajstić information content (AvgIpc) is 3.06. The highest BCUT2D eigenvalue weighted by Gasteiger charge is 2.64. The van der Waals surface area contributed by atoms with Crippen LogP contribution >= 0.6 is 11.8 Å². The van der Waals surface area contributed by atoms with Gasteiger partial charge in [-0.05, 0) is 32.1 Å². The van der Waals surface area contributed by atoms with E-state index in [4.69, 9.17) is 4.42 Å². The van der Waals surface area contributed by atoms with E-state index in [1.807, 2.05) is 0 Å². The lowest BCUT2D eigenvalue weighted by Gasteiger charge is -2.43. The molecule has 0 aliphatic carbocycles. The zero-order valence-corrected chi connectivity index (χ0v) is 13.4. The highest BCUT2D eigenvalue weighted by Crippen LogP contribution is 2.50. The number of carboxylic acid groups (broad SMARTS) is 1. The number of fused-ring (bicyclic) bond motifs is 1. The van der Waals surface area contributed by atoms with Crippen LogP contribution in [0.5, 0.6) is 0 Å². The van der Waals surface area contributed by atoms with Crippen molar-refractivity contribution in [2.45, 2.75) is 36.1 Å². The van der Waals surface area contributed by atoms with Crippen molar-refractivity contribution in [3.63, 3.8) is 0 Å². The van der Waals surface area contributed by atoms with E-state index in [-0.39, 0.29) is 11.3 Å². The maximum atomic E-state index is 12.2. The first-order chi connectivity index (χ1) is 10.8. The zero-order valence-electron chi connectivity index (χ0n) is 12.6. The molecule has 8 heteroatoms. The summed E-state index contributed by atoms with van der Waals surface area (Å²) in [5.41, 5.74) is 0. The van der Waals surface area contributed by atoms with Crippen molar-refractivity contribution in [1.29, 1.82) is 0 Å². The number of carboxylic acids is 1. The molecule has 2 N–H and O–H groups in total. The number of hydrogen-bond donors (Lipinski definition) is 2. The van der Waals surface area contributed by atoms with E-state index in [9.17, 15) is 19.5 Å². The number of hydrogen-bond acceptors (Lipinski definition) is 5. The molecule has 2 amide bonds. The van der Waals surface area contributed by atoms with Crippen LogP contribution in [0, 0.1) is 0 Å². The van der Waals surface area contributed by atoms with Gasteiger partial charge < -0.3 is 19.7 Å². The SMILES string of the molecule is CC1(C)S[C@@H]2[C@@H](NC(=O)/C=C/c3ccco3)C(=O)N2[C@H]1C(=O)O. The number of carbonyl (C=O) groups excluding carboxylic acids is 2. The van der Waals surface area contributed by atoms with Gasteiger partial charge in [-0.15, -0.1) is 11.8 Å². The minimum atomic E-state index is -1.03. The molecular formula is C15H16N2O5S. The van der Waals surface area contributed by atoms with Gasteiger partial charge in [-0.2, -0.15) is 0 Å². The fourth-order valence-electron chi connectivity index (χ4n) is 2.89. The van der Waals surface area contributed by atoms with Gasteiger partial charge in [-0.1, -0.05) is 0 Å². The summed E-state index contributed by atoms with van der Waals surface area (Å²) in [5.74, 6) is -1.28. The van der Waals surface area contributed by atoms with Crippen LogP contribution in [0.15, 0.2) is 28.9 Å². The van der Waals surface area contributed by atoms with Gasteiger partial charge in [0.25, 0.3) is 0 Å². The molecule has 0 aromatic carbocycles. The highest BCUT2D eigenvalue weighted by molar-refractivity contribution is 8.01. The van der Waals surface area contributed by atoms with Crippen LogP contribution < -0.4 is 5.32 Å². The lowest BCUT2D eigenvalue weighted by Crippen LogP contribution is -2.70. The lowest BCUT2D eigenvalue weighted by atomic mass is 9.96. The molecule has 3 heterocycles. The van der Waals surface area contributed by atoms with Crippen molar-refractivity contribution >= 4 is 35.6 Å². The summed E-state index contributed by atoms with van der Waals surface area (Å²) in [4.78, 5) is 36.9. The fraction of sp³-hybridized carbons (Fsp3) is 0.400. The van der Waals surface area contributed by atoms with Crippen LogP contribution in [0.3, 0.4) is 0 Å². The minimum Gasteiger partial charge on any atom is -0.480 e. The smallest absolute Gasteiger partial charge is 0.327 e. The maximum Gasteiger partial charge on any atom is 0.327 e. The second-order valence-electron chi connectivity index (χ2n) is 5.93. The predicted molar refractivity (Wildman–Crippen MR) is 83.4 cm³/mol. The monoisotopic (exact) mass is 336 g/mol. The summed E-state index contributed by atoms with van der Waals surface area (Å²) in [5, 5.41) is 11.6. The molecule has 2 aliphatic rings. The van der Waals surface area contributed by atoms with Crippen LogP contribution in [0.4, 0.5) is 0 Å². The van der Waals surface area contributed by atoms with Crippen molar-refractivity contribution in [3.8, 4) is 0 Å². The van der Waals surface area contributed by atoms with Gasteiger partial charge in [-0.3, -0.25) is 9.59 Å². The Kier molecular flexibility index (Phi) is 3.71. The largest absolute Gasteiger partial charge is 0.480 e. The molecule has 0 unspecified atom stereocenters. The molecule has 1 aromatic heterocycles. The van der Waals surface area contributed by atoms with Gasteiger partial charge >= 0.3 is 5.97 Å². The zero-order chi connectivity index (χ0) is 16.8. The normalized spacial score (nSPS) is 28.5. The quantitative estimate of drug-likeness (QED) is 0.627. The van der Waals surface area contributed by atoms with Gasteiger partial charge in [0, 0.05) is 10.8 Å². The van der Waals surface area contributed by atoms with Crippen molar-refractivity contribution in [2.24, 2.45) is 0 Å². The Balaban J connectivity index is 1.66.